The van der Waals surface area contributed by atoms with Crippen LogP contribution < -0.4 is 5.32 Å². The van der Waals surface area contributed by atoms with Gasteiger partial charge in [-0.25, -0.2) is 0 Å². The van der Waals surface area contributed by atoms with Crippen molar-refractivity contribution in [2.45, 2.75) is 4.90 Å². The van der Waals surface area contributed by atoms with Crippen LogP contribution in [0.3, 0.4) is 0 Å². The third-order valence-corrected chi connectivity index (χ3v) is 4.29. The number of nitrogens with one attached hydrogen (secondary N) is 1. The first-order valence-corrected chi connectivity index (χ1v) is 9.00. The first-order valence-electron chi connectivity index (χ1n) is 5.95. The molecule has 1 amide bonds. The Kier molecular flexibility index (Phi) is 4.30. The van der Waals surface area contributed by atoms with Gasteiger partial charge in [-0.1, -0.05) is 12.1 Å². The fraction of sp³-hybridized carbons (Fsp3) is 0.0833. The third-order valence-electron chi connectivity index (χ3n) is 2.83. The predicted octanol–water partition coefficient (Wildman–Crippen LogP) is 0.618. The van der Waals surface area contributed by atoms with Gasteiger partial charge in [0.25, 0.3) is 20.2 Å². The summed E-state index contributed by atoms with van der Waals surface area (Å²) in [5, 5.41) is 12.2. The fourth-order valence-corrected chi connectivity index (χ4v) is 2.88. The average Bonchev–Trinajstić information content (AvgIpc) is 2.36. The van der Waals surface area contributed by atoms with Crippen molar-refractivity contribution in [1.29, 1.82) is 0 Å². The lowest BCUT2D eigenvalue weighted by atomic mass is 10.1. The second-order valence-corrected chi connectivity index (χ2v) is 7.47. The molecule has 9 nitrogen and oxygen atoms in total. The monoisotopic (exact) mass is 361 g/mol. The van der Waals surface area contributed by atoms with Gasteiger partial charge in [0.05, 0.1) is 4.90 Å². The summed E-state index contributed by atoms with van der Waals surface area (Å²) in [5.74, 6) is -2.70. The minimum Gasteiger partial charge on any atom is -0.507 e. The lowest BCUT2D eigenvalue weighted by molar-refractivity contribution is -0.113. The van der Waals surface area contributed by atoms with Gasteiger partial charge in [-0.05, 0) is 12.1 Å². The van der Waals surface area contributed by atoms with E-state index in [-0.39, 0.29) is 16.5 Å². The van der Waals surface area contributed by atoms with Crippen LogP contribution in [0.15, 0.2) is 35.2 Å². The number of carbonyl (C=O) groups is 1. The van der Waals surface area contributed by atoms with Crippen molar-refractivity contribution in [2.75, 3.05) is 11.1 Å². The van der Waals surface area contributed by atoms with E-state index >= 15 is 0 Å². The molecular formula is C12H11NO8S2. The van der Waals surface area contributed by atoms with Gasteiger partial charge >= 0.3 is 0 Å². The Bertz CT molecular complexity index is 995. The van der Waals surface area contributed by atoms with Gasteiger partial charge in [0, 0.05) is 22.5 Å². The Morgan fingerprint density at radius 2 is 1.70 bits per heavy atom. The molecule has 0 aromatic heterocycles. The van der Waals surface area contributed by atoms with E-state index in [0.29, 0.717) is 0 Å². The molecule has 0 fully saturated rings. The average molecular weight is 361 g/mol. The summed E-state index contributed by atoms with van der Waals surface area (Å²) in [6.45, 7) is 0. The summed E-state index contributed by atoms with van der Waals surface area (Å²) in [6.07, 6.45) is 0. The zero-order chi connectivity index (χ0) is 17.4. The number of carbonyl (C=O) groups excluding carboxylic acids is 1. The van der Waals surface area contributed by atoms with E-state index in [2.05, 4.69) is 5.32 Å². The zero-order valence-corrected chi connectivity index (χ0v) is 12.9. The lowest BCUT2D eigenvalue weighted by Crippen LogP contribution is -2.22. The second kappa shape index (κ2) is 5.77. The second-order valence-electron chi connectivity index (χ2n) is 4.59. The smallest absolute Gasteiger partial charge is 0.294 e. The molecule has 0 aliphatic carbocycles. The molecule has 4 N–H and O–H groups in total. The minimum atomic E-state index is -4.60. The Hall–Kier alpha value is -2.21. The van der Waals surface area contributed by atoms with E-state index in [1.807, 2.05) is 0 Å². The van der Waals surface area contributed by atoms with E-state index < -0.39 is 42.5 Å². The lowest BCUT2D eigenvalue weighted by Gasteiger charge is -2.10. The molecule has 0 heterocycles. The molecule has 0 aliphatic heterocycles. The van der Waals surface area contributed by atoms with Crippen molar-refractivity contribution in [3.63, 3.8) is 0 Å². The third kappa shape index (κ3) is 4.16. The van der Waals surface area contributed by atoms with Gasteiger partial charge in [-0.3, -0.25) is 13.9 Å². The van der Waals surface area contributed by atoms with Crippen molar-refractivity contribution in [1.82, 2.24) is 0 Å². The summed E-state index contributed by atoms with van der Waals surface area (Å²) >= 11 is 0. The Balaban J connectivity index is 2.57. The molecule has 2 aromatic rings. The standard InChI is InChI=1S/C12H11NO8S2/c14-11-5-7(23(19,20)21)4-9-8(11)2-1-3-10(9)13-12(15)6-22(16,17)18/h1-5,14H,6H2,(H,13,15)(H,16,17,18)(H,19,20,21). The largest absolute Gasteiger partial charge is 0.507 e. The first-order chi connectivity index (χ1) is 10.5. The summed E-state index contributed by atoms with van der Waals surface area (Å²) < 4.78 is 61.4. The number of hydrogen-bond donors (Lipinski definition) is 4. The number of fused-ring (bicyclic) bond motifs is 1. The number of benzene rings is 2. The van der Waals surface area contributed by atoms with Crippen molar-refractivity contribution in [3.8, 4) is 5.75 Å². The number of anilines is 1. The number of hydrogen-bond acceptors (Lipinski definition) is 6. The van der Waals surface area contributed by atoms with Crippen LogP contribution in [-0.2, 0) is 25.0 Å². The Morgan fingerprint density at radius 3 is 2.26 bits per heavy atom. The van der Waals surface area contributed by atoms with Crippen LogP contribution in [0.1, 0.15) is 0 Å². The number of rotatable bonds is 4. The molecule has 2 aromatic carbocycles. The molecule has 0 atom stereocenters. The van der Waals surface area contributed by atoms with E-state index in [9.17, 15) is 26.7 Å². The van der Waals surface area contributed by atoms with Crippen LogP contribution >= 0.6 is 0 Å². The van der Waals surface area contributed by atoms with Crippen LogP contribution in [0.2, 0.25) is 0 Å². The van der Waals surface area contributed by atoms with Crippen LogP contribution in [0, 0.1) is 0 Å². The van der Waals surface area contributed by atoms with Crippen LogP contribution in [0.5, 0.6) is 5.75 Å². The number of aromatic hydroxyl groups is 1. The highest BCUT2D eigenvalue weighted by Gasteiger charge is 2.17. The fourth-order valence-electron chi connectivity index (χ4n) is 1.95. The van der Waals surface area contributed by atoms with Gasteiger partial charge in [-0.2, -0.15) is 16.8 Å². The van der Waals surface area contributed by atoms with Gasteiger partial charge in [0.1, 0.15) is 5.75 Å². The van der Waals surface area contributed by atoms with Crippen molar-refractivity contribution < 1.29 is 35.8 Å². The molecule has 11 heteroatoms. The van der Waals surface area contributed by atoms with E-state index in [1.54, 1.807) is 0 Å². The highest BCUT2D eigenvalue weighted by Crippen LogP contribution is 2.33. The molecule has 23 heavy (non-hydrogen) atoms. The molecule has 0 spiro atoms. The maximum atomic E-state index is 11.6. The summed E-state index contributed by atoms with van der Waals surface area (Å²) in [5.41, 5.74) is -0.00282. The number of amides is 1. The minimum absolute atomic E-state index is 0.00282. The maximum absolute atomic E-state index is 11.6. The molecule has 0 radical (unpaired) electrons. The summed E-state index contributed by atoms with van der Waals surface area (Å²) in [4.78, 5) is 11.0. The number of phenols is 1. The SMILES string of the molecule is O=C(CS(=O)(=O)O)Nc1cccc2c(O)cc(S(=O)(=O)O)cc12. The topological polar surface area (TPSA) is 158 Å². The Labute approximate surface area is 131 Å². The maximum Gasteiger partial charge on any atom is 0.294 e. The molecular weight excluding hydrogens is 350 g/mol. The predicted molar refractivity (Wildman–Crippen MR) is 80.5 cm³/mol. The zero-order valence-electron chi connectivity index (χ0n) is 11.3. The normalized spacial score (nSPS) is 12.3. The van der Waals surface area contributed by atoms with E-state index in [1.165, 1.54) is 18.2 Å². The van der Waals surface area contributed by atoms with Crippen molar-refractivity contribution in [2.24, 2.45) is 0 Å². The van der Waals surface area contributed by atoms with Gasteiger partial charge in [0.2, 0.25) is 5.91 Å². The quantitative estimate of drug-likeness (QED) is 0.577. The highest BCUT2D eigenvalue weighted by molar-refractivity contribution is 7.86. The van der Waals surface area contributed by atoms with Crippen LogP contribution in [0.25, 0.3) is 10.8 Å². The van der Waals surface area contributed by atoms with E-state index in [4.69, 9.17) is 9.11 Å². The Morgan fingerprint density at radius 1 is 1.04 bits per heavy atom. The molecule has 0 unspecified atom stereocenters. The van der Waals surface area contributed by atoms with Gasteiger partial charge < -0.3 is 10.4 Å². The summed E-state index contributed by atoms with van der Waals surface area (Å²) in [6, 6.07) is 6.03. The van der Waals surface area contributed by atoms with Crippen LogP contribution in [-0.4, -0.2) is 42.7 Å². The van der Waals surface area contributed by atoms with Crippen molar-refractivity contribution in [3.05, 3.63) is 30.3 Å². The molecule has 0 saturated carbocycles. The molecule has 0 aliphatic rings. The van der Waals surface area contributed by atoms with Crippen molar-refractivity contribution >= 4 is 42.6 Å². The first kappa shape index (κ1) is 17.1. The van der Waals surface area contributed by atoms with E-state index in [0.717, 1.165) is 12.1 Å². The number of phenolic OH excluding ortho intramolecular Hbond substituents is 1. The summed E-state index contributed by atoms with van der Waals surface area (Å²) in [7, 11) is -9.13. The van der Waals surface area contributed by atoms with Crippen LogP contribution in [0.4, 0.5) is 5.69 Å². The van der Waals surface area contributed by atoms with Gasteiger partial charge in [0.15, 0.2) is 5.75 Å². The molecule has 0 saturated heterocycles. The highest BCUT2D eigenvalue weighted by atomic mass is 32.2. The molecule has 124 valence electrons. The van der Waals surface area contributed by atoms with Gasteiger partial charge in [-0.15, -0.1) is 0 Å². The molecule has 0 bridgehead atoms. The molecule has 2 rings (SSSR count).